The highest BCUT2D eigenvalue weighted by atomic mass is 19.1. The molecule has 0 saturated carbocycles. The highest BCUT2D eigenvalue weighted by Crippen LogP contribution is 2.44. The summed E-state index contributed by atoms with van der Waals surface area (Å²) in [5, 5.41) is 1.05. The van der Waals surface area contributed by atoms with Crippen LogP contribution in [0.5, 0.6) is 5.75 Å². The molecule has 3 aromatic rings. The number of rotatable bonds is 9. The molecule has 0 bridgehead atoms. The summed E-state index contributed by atoms with van der Waals surface area (Å²) >= 11 is 0. The van der Waals surface area contributed by atoms with E-state index in [2.05, 4.69) is 16.8 Å². The molecule has 0 unspecified atom stereocenters. The fourth-order valence-corrected chi connectivity index (χ4v) is 6.06. The van der Waals surface area contributed by atoms with Crippen LogP contribution >= 0.6 is 0 Å². The van der Waals surface area contributed by atoms with Crippen LogP contribution in [0, 0.1) is 17.6 Å². The van der Waals surface area contributed by atoms with Gasteiger partial charge in [-0.1, -0.05) is 38.5 Å². The first kappa shape index (κ1) is 26.1. The van der Waals surface area contributed by atoms with Gasteiger partial charge >= 0.3 is 0 Å². The third kappa shape index (κ3) is 5.26. The molecular formula is C30H38F3N3O. The van der Waals surface area contributed by atoms with Crippen LogP contribution in [0.2, 0.25) is 0 Å². The standard InChI is InChI=1S/C30H38F3N3O/c1-5-19-16-35(17-19)11-12-37-21-14-24(31)27(25(32)15-21)29-28-23(22-9-7-8-10-26(22)34-28)13-20(6-2)36(29)18-30(3,4)33/h7-10,14-15,19-20,29,34H,5-6,11-13,16-18H2,1-4H3/t20-,29+/m0/s1. The van der Waals surface area contributed by atoms with Crippen molar-refractivity contribution in [3.8, 4) is 5.75 Å². The monoisotopic (exact) mass is 513 g/mol. The molecule has 1 N–H and O–H groups in total. The Hall–Kier alpha value is -2.51. The number of nitrogens with one attached hydrogen (secondary N) is 1. The highest BCUT2D eigenvalue weighted by molar-refractivity contribution is 5.85. The molecule has 1 saturated heterocycles. The molecule has 0 amide bonds. The lowest BCUT2D eigenvalue weighted by Gasteiger charge is -2.44. The maximum atomic E-state index is 15.8. The summed E-state index contributed by atoms with van der Waals surface area (Å²) < 4.78 is 52.3. The van der Waals surface area contributed by atoms with Gasteiger partial charge in [0, 0.05) is 66.5 Å². The van der Waals surface area contributed by atoms with Gasteiger partial charge in [0.1, 0.15) is 29.7 Å². The molecule has 200 valence electrons. The Morgan fingerprint density at radius 1 is 1.05 bits per heavy atom. The van der Waals surface area contributed by atoms with Gasteiger partial charge < -0.3 is 9.72 Å². The van der Waals surface area contributed by atoms with Gasteiger partial charge in [-0.2, -0.15) is 0 Å². The van der Waals surface area contributed by atoms with E-state index in [1.807, 2.05) is 36.1 Å². The Kier molecular flexibility index (Phi) is 7.29. The Balaban J connectivity index is 1.49. The molecule has 1 aromatic heterocycles. The Morgan fingerprint density at radius 2 is 1.76 bits per heavy atom. The molecule has 2 aliphatic heterocycles. The third-order valence-electron chi connectivity index (χ3n) is 8.00. The van der Waals surface area contributed by atoms with Crippen LogP contribution in [0.25, 0.3) is 10.9 Å². The number of fused-ring (bicyclic) bond motifs is 3. The molecule has 3 heterocycles. The molecule has 2 aromatic carbocycles. The second-order valence-electron chi connectivity index (χ2n) is 11.3. The topological polar surface area (TPSA) is 31.5 Å². The van der Waals surface area contributed by atoms with Crippen LogP contribution in [-0.4, -0.2) is 59.3 Å². The van der Waals surface area contributed by atoms with Crippen LogP contribution in [0.15, 0.2) is 36.4 Å². The first-order valence-electron chi connectivity index (χ1n) is 13.6. The maximum absolute atomic E-state index is 15.8. The number of para-hydroxylation sites is 1. The molecular weight excluding hydrogens is 475 g/mol. The quantitative estimate of drug-likeness (QED) is 0.348. The number of nitrogens with zero attached hydrogens (tertiary/aromatic N) is 2. The summed E-state index contributed by atoms with van der Waals surface area (Å²) in [5.41, 5.74) is 1.13. The first-order valence-corrected chi connectivity index (χ1v) is 13.6. The number of aromatic nitrogens is 1. The molecule has 2 aliphatic rings. The van der Waals surface area contributed by atoms with E-state index in [1.54, 1.807) is 0 Å². The lowest BCUT2D eigenvalue weighted by Crippen LogP contribution is -2.49. The van der Waals surface area contributed by atoms with Gasteiger partial charge in [0.25, 0.3) is 0 Å². The van der Waals surface area contributed by atoms with E-state index in [4.69, 9.17) is 4.74 Å². The number of benzene rings is 2. The number of ether oxygens (including phenoxy) is 1. The number of aromatic amines is 1. The number of H-pyrrole nitrogens is 1. The van der Waals surface area contributed by atoms with Gasteiger partial charge in [0.15, 0.2) is 0 Å². The molecule has 0 radical (unpaired) electrons. The SMILES string of the molecule is CCC1CN(CCOc2cc(F)c([C@@H]3c4[nH]c5ccccc5c4C[C@H](CC)N3CC(C)(C)F)c(F)c2)C1. The van der Waals surface area contributed by atoms with E-state index in [1.165, 1.54) is 32.4 Å². The summed E-state index contributed by atoms with van der Waals surface area (Å²) in [6.45, 7) is 10.6. The van der Waals surface area contributed by atoms with Crippen LogP contribution in [0.1, 0.15) is 63.4 Å². The average molecular weight is 514 g/mol. The number of hydrogen-bond acceptors (Lipinski definition) is 3. The van der Waals surface area contributed by atoms with Crippen molar-refractivity contribution < 1.29 is 17.9 Å². The van der Waals surface area contributed by atoms with E-state index < -0.39 is 23.3 Å². The third-order valence-corrected chi connectivity index (χ3v) is 8.00. The Morgan fingerprint density at radius 3 is 2.41 bits per heavy atom. The second kappa shape index (κ2) is 10.3. The summed E-state index contributed by atoms with van der Waals surface area (Å²) in [6.07, 6.45) is 2.61. The van der Waals surface area contributed by atoms with Gasteiger partial charge in [0.05, 0.1) is 6.04 Å². The zero-order chi connectivity index (χ0) is 26.3. The Bertz CT molecular complexity index is 1220. The summed E-state index contributed by atoms with van der Waals surface area (Å²) in [4.78, 5) is 7.65. The molecule has 7 heteroatoms. The Labute approximate surface area is 217 Å². The molecule has 0 spiro atoms. The second-order valence-corrected chi connectivity index (χ2v) is 11.3. The number of halogens is 3. The van der Waals surface area contributed by atoms with Crippen molar-refractivity contribution in [2.45, 2.75) is 64.7 Å². The molecule has 2 atom stereocenters. The van der Waals surface area contributed by atoms with Gasteiger partial charge in [-0.05, 0) is 44.2 Å². The minimum Gasteiger partial charge on any atom is -0.492 e. The van der Waals surface area contributed by atoms with Crippen molar-refractivity contribution in [3.05, 3.63) is 64.9 Å². The van der Waals surface area contributed by atoms with Crippen LogP contribution in [0.3, 0.4) is 0 Å². The van der Waals surface area contributed by atoms with E-state index >= 15 is 13.2 Å². The molecule has 37 heavy (non-hydrogen) atoms. The molecule has 1 fully saturated rings. The van der Waals surface area contributed by atoms with Crippen LogP contribution in [-0.2, 0) is 6.42 Å². The predicted molar refractivity (Wildman–Crippen MR) is 142 cm³/mol. The largest absolute Gasteiger partial charge is 0.492 e. The van der Waals surface area contributed by atoms with Crippen molar-refractivity contribution in [2.24, 2.45) is 5.92 Å². The normalized spacial score (nSPS) is 21.3. The smallest absolute Gasteiger partial charge is 0.135 e. The zero-order valence-electron chi connectivity index (χ0n) is 22.3. The fraction of sp³-hybridized carbons (Fsp3) is 0.533. The highest BCUT2D eigenvalue weighted by Gasteiger charge is 2.41. The summed E-state index contributed by atoms with van der Waals surface area (Å²) in [7, 11) is 0. The molecule has 4 nitrogen and oxygen atoms in total. The van der Waals surface area contributed by atoms with E-state index in [0.29, 0.717) is 13.0 Å². The molecule has 5 rings (SSSR count). The number of likely N-dealkylation sites (tertiary alicyclic amines) is 1. The maximum Gasteiger partial charge on any atom is 0.135 e. The van der Waals surface area contributed by atoms with E-state index in [0.717, 1.165) is 54.1 Å². The van der Waals surface area contributed by atoms with Crippen molar-refractivity contribution >= 4 is 10.9 Å². The number of hydrogen-bond donors (Lipinski definition) is 1. The minimum atomic E-state index is -1.53. The lowest BCUT2D eigenvalue weighted by molar-refractivity contribution is 0.0561. The summed E-state index contributed by atoms with van der Waals surface area (Å²) in [6, 6.07) is 9.66. The van der Waals surface area contributed by atoms with Crippen molar-refractivity contribution in [1.82, 2.24) is 14.8 Å². The van der Waals surface area contributed by atoms with Gasteiger partial charge in [-0.3, -0.25) is 9.80 Å². The minimum absolute atomic E-state index is 0.0510. The first-order chi connectivity index (χ1) is 17.7. The zero-order valence-corrected chi connectivity index (χ0v) is 22.3. The number of alkyl halides is 1. The van der Waals surface area contributed by atoms with Gasteiger partial charge in [0.2, 0.25) is 0 Å². The average Bonchev–Trinajstić information content (AvgIpc) is 3.18. The van der Waals surface area contributed by atoms with Crippen LogP contribution < -0.4 is 4.74 Å². The van der Waals surface area contributed by atoms with Crippen LogP contribution in [0.4, 0.5) is 13.2 Å². The van der Waals surface area contributed by atoms with Crippen molar-refractivity contribution in [2.75, 3.05) is 32.8 Å². The van der Waals surface area contributed by atoms with Gasteiger partial charge in [-0.25, -0.2) is 13.2 Å². The van der Waals surface area contributed by atoms with E-state index in [-0.39, 0.29) is 23.9 Å². The summed E-state index contributed by atoms with van der Waals surface area (Å²) in [5.74, 6) is -0.414. The van der Waals surface area contributed by atoms with Crippen molar-refractivity contribution in [1.29, 1.82) is 0 Å². The predicted octanol–water partition coefficient (Wildman–Crippen LogP) is 6.64. The molecule has 0 aliphatic carbocycles. The van der Waals surface area contributed by atoms with Gasteiger partial charge in [-0.15, -0.1) is 0 Å². The fourth-order valence-electron chi connectivity index (χ4n) is 6.06. The van der Waals surface area contributed by atoms with Crippen molar-refractivity contribution in [3.63, 3.8) is 0 Å². The van der Waals surface area contributed by atoms with E-state index in [9.17, 15) is 0 Å². The lowest BCUT2D eigenvalue weighted by atomic mass is 9.85.